The van der Waals surface area contributed by atoms with Gasteiger partial charge in [-0.15, -0.1) is 0 Å². The minimum absolute atomic E-state index is 0.596. The minimum atomic E-state index is 0.596. The highest BCUT2D eigenvalue weighted by molar-refractivity contribution is 6.33. The third kappa shape index (κ3) is 2.28. The molecular formula is C11H15ClN2. The molecule has 1 aromatic rings. The van der Waals surface area contributed by atoms with E-state index in [0.29, 0.717) is 17.3 Å². The quantitative estimate of drug-likeness (QED) is 0.754. The molecule has 14 heavy (non-hydrogen) atoms. The maximum atomic E-state index is 5.93. The molecule has 0 aliphatic heterocycles. The summed E-state index contributed by atoms with van der Waals surface area (Å²) in [6.07, 6.45) is 2.84. The molecule has 0 saturated carbocycles. The second-order valence-electron chi connectivity index (χ2n) is 3.05. The van der Waals surface area contributed by atoms with Gasteiger partial charge in [-0.1, -0.05) is 29.8 Å². The lowest BCUT2D eigenvalue weighted by molar-refractivity contribution is 1.02. The Morgan fingerprint density at radius 3 is 2.79 bits per heavy atom. The van der Waals surface area contributed by atoms with Crippen molar-refractivity contribution < 1.29 is 0 Å². The number of benzene rings is 1. The Kier molecular flexibility index (Phi) is 3.98. The molecule has 3 heteroatoms. The fourth-order valence-corrected chi connectivity index (χ4v) is 1.58. The van der Waals surface area contributed by atoms with Crippen LogP contribution in [0.15, 0.2) is 24.3 Å². The van der Waals surface area contributed by atoms with Crippen molar-refractivity contribution in [2.75, 3.05) is 12.3 Å². The van der Waals surface area contributed by atoms with E-state index in [2.05, 4.69) is 0 Å². The third-order valence-corrected chi connectivity index (χ3v) is 2.49. The molecule has 0 spiro atoms. The summed E-state index contributed by atoms with van der Waals surface area (Å²) in [6.45, 7) is 2.59. The number of hydrogen-bond donors (Lipinski definition) is 2. The third-order valence-electron chi connectivity index (χ3n) is 2.16. The molecule has 1 rings (SSSR count). The Bertz CT molecular complexity index is 345. The van der Waals surface area contributed by atoms with Crippen molar-refractivity contribution in [3.8, 4) is 0 Å². The minimum Gasteiger partial charge on any atom is -0.397 e. The van der Waals surface area contributed by atoms with Gasteiger partial charge >= 0.3 is 0 Å². The van der Waals surface area contributed by atoms with Gasteiger partial charge in [0.15, 0.2) is 0 Å². The number of nitrogens with two attached hydrogens (primary N) is 2. The van der Waals surface area contributed by atoms with Crippen molar-refractivity contribution >= 4 is 22.9 Å². The standard InChI is InChI=1S/C11H15ClN2/c1-2-8(6-7-13)9-4-3-5-10(12)11(9)14/h2-5H,6-7,13-14H2,1H3/b8-2+. The Morgan fingerprint density at radius 2 is 2.21 bits per heavy atom. The van der Waals surface area contributed by atoms with Crippen molar-refractivity contribution in [1.29, 1.82) is 0 Å². The van der Waals surface area contributed by atoms with E-state index in [4.69, 9.17) is 23.1 Å². The number of nitrogen functional groups attached to an aromatic ring is 1. The molecule has 0 atom stereocenters. The number of anilines is 1. The summed E-state index contributed by atoms with van der Waals surface area (Å²) in [4.78, 5) is 0. The summed E-state index contributed by atoms with van der Waals surface area (Å²) in [6, 6.07) is 5.65. The van der Waals surface area contributed by atoms with Crippen molar-refractivity contribution in [1.82, 2.24) is 0 Å². The van der Waals surface area contributed by atoms with Gasteiger partial charge in [0.25, 0.3) is 0 Å². The fraction of sp³-hybridized carbons (Fsp3) is 0.273. The van der Waals surface area contributed by atoms with E-state index < -0.39 is 0 Å². The van der Waals surface area contributed by atoms with Gasteiger partial charge < -0.3 is 11.5 Å². The highest BCUT2D eigenvalue weighted by atomic mass is 35.5. The largest absolute Gasteiger partial charge is 0.397 e. The number of halogens is 1. The summed E-state index contributed by atoms with van der Waals surface area (Å²) in [7, 11) is 0. The van der Waals surface area contributed by atoms with E-state index in [-0.39, 0.29) is 0 Å². The van der Waals surface area contributed by atoms with E-state index in [1.54, 1.807) is 6.07 Å². The molecule has 0 bridgehead atoms. The number of rotatable bonds is 3. The first kappa shape index (κ1) is 11.1. The maximum Gasteiger partial charge on any atom is 0.0641 e. The Labute approximate surface area is 89.5 Å². The Morgan fingerprint density at radius 1 is 1.50 bits per heavy atom. The summed E-state index contributed by atoms with van der Waals surface area (Å²) >= 11 is 5.93. The zero-order valence-corrected chi connectivity index (χ0v) is 9.01. The molecule has 0 amide bonds. The monoisotopic (exact) mass is 210 g/mol. The fourth-order valence-electron chi connectivity index (χ4n) is 1.41. The zero-order valence-electron chi connectivity index (χ0n) is 8.26. The lowest BCUT2D eigenvalue weighted by Gasteiger charge is -2.10. The van der Waals surface area contributed by atoms with Crippen LogP contribution in [0, 0.1) is 0 Å². The summed E-state index contributed by atoms with van der Waals surface area (Å²) in [5, 5.41) is 0.596. The first-order chi connectivity index (χ1) is 6.70. The van der Waals surface area contributed by atoms with Gasteiger partial charge in [0.05, 0.1) is 10.7 Å². The molecule has 0 unspecified atom stereocenters. The average Bonchev–Trinajstić information content (AvgIpc) is 2.19. The Hall–Kier alpha value is -0.990. The second kappa shape index (κ2) is 5.03. The van der Waals surface area contributed by atoms with Crippen LogP contribution in [0.5, 0.6) is 0 Å². The molecule has 0 aromatic heterocycles. The highest BCUT2D eigenvalue weighted by Crippen LogP contribution is 2.29. The van der Waals surface area contributed by atoms with E-state index in [1.807, 2.05) is 25.1 Å². The Balaban J connectivity index is 3.11. The van der Waals surface area contributed by atoms with Crippen molar-refractivity contribution in [2.45, 2.75) is 13.3 Å². The van der Waals surface area contributed by atoms with Crippen LogP contribution in [0.1, 0.15) is 18.9 Å². The van der Waals surface area contributed by atoms with Crippen LogP contribution in [-0.4, -0.2) is 6.54 Å². The highest BCUT2D eigenvalue weighted by Gasteiger charge is 2.06. The number of allylic oxidation sites excluding steroid dienone is 1. The van der Waals surface area contributed by atoms with Crippen LogP contribution in [0.25, 0.3) is 5.57 Å². The van der Waals surface area contributed by atoms with E-state index in [9.17, 15) is 0 Å². The predicted molar refractivity (Wildman–Crippen MR) is 63.2 cm³/mol. The first-order valence-corrected chi connectivity index (χ1v) is 4.98. The van der Waals surface area contributed by atoms with Crippen LogP contribution in [0.3, 0.4) is 0 Å². The van der Waals surface area contributed by atoms with Gasteiger partial charge in [-0.2, -0.15) is 0 Å². The van der Waals surface area contributed by atoms with Crippen molar-refractivity contribution in [3.05, 3.63) is 34.9 Å². The van der Waals surface area contributed by atoms with Crippen LogP contribution in [0.2, 0.25) is 5.02 Å². The molecule has 2 nitrogen and oxygen atoms in total. The molecule has 0 saturated heterocycles. The smallest absolute Gasteiger partial charge is 0.0641 e. The lowest BCUT2D eigenvalue weighted by Crippen LogP contribution is -2.02. The number of para-hydroxylation sites is 1. The maximum absolute atomic E-state index is 5.93. The van der Waals surface area contributed by atoms with E-state index in [0.717, 1.165) is 17.6 Å². The van der Waals surface area contributed by atoms with Crippen LogP contribution < -0.4 is 11.5 Å². The normalized spacial score (nSPS) is 11.8. The SMILES string of the molecule is C/C=C(\CCN)c1cccc(Cl)c1N. The first-order valence-electron chi connectivity index (χ1n) is 4.60. The van der Waals surface area contributed by atoms with Gasteiger partial charge in [-0.3, -0.25) is 0 Å². The topological polar surface area (TPSA) is 52.0 Å². The molecule has 76 valence electrons. The van der Waals surface area contributed by atoms with Crippen molar-refractivity contribution in [3.63, 3.8) is 0 Å². The van der Waals surface area contributed by atoms with Gasteiger partial charge in [0, 0.05) is 5.56 Å². The molecule has 0 aliphatic carbocycles. The second-order valence-corrected chi connectivity index (χ2v) is 3.46. The summed E-state index contributed by atoms with van der Waals surface area (Å²) in [5.41, 5.74) is 14.2. The molecule has 0 radical (unpaired) electrons. The van der Waals surface area contributed by atoms with Gasteiger partial charge in [0.1, 0.15) is 0 Å². The van der Waals surface area contributed by atoms with Crippen LogP contribution >= 0.6 is 11.6 Å². The van der Waals surface area contributed by atoms with Gasteiger partial charge in [-0.25, -0.2) is 0 Å². The van der Waals surface area contributed by atoms with E-state index >= 15 is 0 Å². The molecule has 4 N–H and O–H groups in total. The van der Waals surface area contributed by atoms with Gasteiger partial charge in [0.2, 0.25) is 0 Å². The summed E-state index contributed by atoms with van der Waals surface area (Å²) < 4.78 is 0. The molecule has 1 aromatic carbocycles. The van der Waals surface area contributed by atoms with Gasteiger partial charge in [-0.05, 0) is 31.5 Å². The van der Waals surface area contributed by atoms with Crippen LogP contribution in [-0.2, 0) is 0 Å². The molecule has 0 fully saturated rings. The predicted octanol–water partition coefficient (Wildman–Crippen LogP) is 2.67. The van der Waals surface area contributed by atoms with Crippen LogP contribution in [0.4, 0.5) is 5.69 Å². The lowest BCUT2D eigenvalue weighted by atomic mass is 10.0. The zero-order chi connectivity index (χ0) is 10.6. The molecular weight excluding hydrogens is 196 g/mol. The molecule has 0 heterocycles. The summed E-state index contributed by atoms with van der Waals surface area (Å²) in [5.74, 6) is 0. The molecule has 0 aliphatic rings. The average molecular weight is 211 g/mol. The van der Waals surface area contributed by atoms with Crippen molar-refractivity contribution in [2.24, 2.45) is 5.73 Å². The van der Waals surface area contributed by atoms with E-state index in [1.165, 1.54) is 0 Å². The number of hydrogen-bond acceptors (Lipinski definition) is 2.